The van der Waals surface area contributed by atoms with E-state index in [-0.39, 0.29) is 30.4 Å². The first-order chi connectivity index (χ1) is 22.8. The molecule has 5 rings (SSSR count). The first-order valence-electron chi connectivity index (χ1n) is 17.0. The molecule has 10 nitrogen and oxygen atoms in total. The lowest BCUT2D eigenvalue weighted by molar-refractivity contribution is -0.136. The Kier molecular flexibility index (Phi) is 12.4. The van der Waals surface area contributed by atoms with Crippen molar-refractivity contribution in [2.75, 3.05) is 19.7 Å². The second kappa shape index (κ2) is 16.9. The predicted molar refractivity (Wildman–Crippen MR) is 182 cm³/mol. The largest absolute Gasteiger partial charge is 0.494 e. The van der Waals surface area contributed by atoms with Gasteiger partial charge in [-0.2, -0.15) is 12.6 Å². The smallest absolute Gasteiger partial charge is 0.408 e. The number of piperidine rings is 1. The second-order valence-corrected chi connectivity index (χ2v) is 13.6. The van der Waals surface area contributed by atoms with Crippen LogP contribution in [0.15, 0.2) is 48.5 Å². The molecule has 1 saturated heterocycles. The Morgan fingerprint density at radius 3 is 2.57 bits per heavy atom. The van der Waals surface area contributed by atoms with Crippen LogP contribution in [0, 0.1) is 12.8 Å². The van der Waals surface area contributed by atoms with E-state index in [9.17, 15) is 19.2 Å². The van der Waals surface area contributed by atoms with Crippen molar-refractivity contribution in [3.05, 3.63) is 65.2 Å². The van der Waals surface area contributed by atoms with Crippen LogP contribution >= 0.6 is 12.6 Å². The molecule has 4 amide bonds. The highest BCUT2D eigenvalue weighted by Crippen LogP contribution is 2.25. The van der Waals surface area contributed by atoms with Crippen LogP contribution in [-0.2, 0) is 32.1 Å². The third-order valence-electron chi connectivity index (χ3n) is 9.55. The van der Waals surface area contributed by atoms with E-state index in [0.717, 1.165) is 73.8 Å². The topological polar surface area (TPSA) is 126 Å². The molecular weight excluding hydrogens is 616 g/mol. The van der Waals surface area contributed by atoms with Crippen LogP contribution < -0.4 is 20.7 Å². The Morgan fingerprint density at radius 1 is 1.00 bits per heavy atom. The van der Waals surface area contributed by atoms with Gasteiger partial charge in [-0.25, -0.2) is 4.79 Å². The zero-order chi connectivity index (χ0) is 33.2. The van der Waals surface area contributed by atoms with E-state index in [1.54, 1.807) is 4.90 Å². The maximum atomic E-state index is 14.0. The lowest BCUT2D eigenvalue weighted by Crippen LogP contribution is -2.60. The van der Waals surface area contributed by atoms with Crippen molar-refractivity contribution in [3.8, 4) is 5.75 Å². The van der Waals surface area contributed by atoms with Crippen LogP contribution in [-0.4, -0.2) is 71.8 Å². The van der Waals surface area contributed by atoms with Gasteiger partial charge >= 0.3 is 6.09 Å². The number of thiol groups is 1. The molecule has 2 fully saturated rings. The summed E-state index contributed by atoms with van der Waals surface area (Å²) >= 11 is 4.64. The van der Waals surface area contributed by atoms with Crippen molar-refractivity contribution >= 4 is 36.4 Å². The molecule has 0 aromatic heterocycles. The van der Waals surface area contributed by atoms with Crippen LogP contribution in [0.4, 0.5) is 4.79 Å². The fourth-order valence-electron chi connectivity index (χ4n) is 6.68. The van der Waals surface area contributed by atoms with Crippen LogP contribution in [0.1, 0.15) is 74.5 Å². The molecule has 2 unspecified atom stereocenters. The highest BCUT2D eigenvalue weighted by molar-refractivity contribution is 7.82. The third kappa shape index (κ3) is 9.89. The summed E-state index contributed by atoms with van der Waals surface area (Å²) in [6.07, 6.45) is 6.95. The highest BCUT2D eigenvalue weighted by atomic mass is 32.1. The van der Waals surface area contributed by atoms with Crippen LogP contribution in [0.2, 0.25) is 0 Å². The normalized spacial score (nSPS) is 25.0. The molecule has 47 heavy (non-hydrogen) atoms. The fourth-order valence-corrected chi connectivity index (χ4v) is 7.05. The molecule has 11 heteroatoms. The maximum absolute atomic E-state index is 14.0. The summed E-state index contributed by atoms with van der Waals surface area (Å²) in [5.41, 5.74) is 2.94. The third-order valence-corrected chi connectivity index (χ3v) is 10.1. The number of carbonyl (C=O) groups excluding carboxylic acids is 4. The van der Waals surface area contributed by atoms with Crippen molar-refractivity contribution in [3.63, 3.8) is 0 Å². The number of benzene rings is 2. The molecule has 2 aliphatic heterocycles. The lowest BCUT2D eigenvalue weighted by Gasteiger charge is -2.36. The Morgan fingerprint density at radius 2 is 1.79 bits per heavy atom. The molecule has 0 spiro atoms. The van der Waals surface area contributed by atoms with Crippen LogP contribution in [0.25, 0.3) is 0 Å². The SMILES string of the molecule is Cc1ccc2cc1CNC(=O)[C@H](CCc1ccccc1)NC(=O)[C@@H](NC(=O)OC1CCCCC1)C(S)C(=O)N1CCCC(CCO2)C1. The molecule has 1 saturated carbocycles. The lowest BCUT2D eigenvalue weighted by atomic mass is 9.94. The first kappa shape index (κ1) is 34.6. The first-order valence-corrected chi connectivity index (χ1v) is 17.6. The molecule has 2 aromatic carbocycles. The minimum Gasteiger partial charge on any atom is -0.494 e. The number of carbonyl (C=O) groups is 4. The van der Waals surface area contributed by atoms with Crippen molar-refractivity contribution in [1.82, 2.24) is 20.9 Å². The molecule has 0 radical (unpaired) electrons. The Bertz CT molecular complexity index is 1380. The molecular formula is C36H48N4O6S. The molecule has 1 aliphatic carbocycles. The van der Waals surface area contributed by atoms with Gasteiger partial charge in [0.05, 0.1) is 6.61 Å². The Hall–Kier alpha value is -3.73. The Labute approximate surface area is 283 Å². The number of hydrogen-bond acceptors (Lipinski definition) is 7. The van der Waals surface area contributed by atoms with Crippen molar-refractivity contribution in [2.45, 2.75) is 101 Å². The van der Waals surface area contributed by atoms with E-state index >= 15 is 0 Å². The van der Waals surface area contributed by atoms with Crippen LogP contribution in [0.5, 0.6) is 5.75 Å². The minimum absolute atomic E-state index is 0.232. The second-order valence-electron chi connectivity index (χ2n) is 13.1. The van der Waals surface area contributed by atoms with Gasteiger partial charge in [-0.15, -0.1) is 0 Å². The van der Waals surface area contributed by atoms with Gasteiger partial charge in [-0.1, -0.05) is 42.8 Å². The summed E-state index contributed by atoms with van der Waals surface area (Å²) < 4.78 is 11.8. The number of alkyl carbamates (subject to hydrolysis) is 1. The summed E-state index contributed by atoms with van der Waals surface area (Å²) in [5, 5.41) is 7.34. The minimum atomic E-state index is -1.35. The van der Waals surface area contributed by atoms with Gasteiger partial charge in [0.25, 0.3) is 0 Å². The molecule has 2 heterocycles. The van der Waals surface area contributed by atoms with Crippen molar-refractivity contribution in [2.24, 2.45) is 5.92 Å². The van der Waals surface area contributed by atoms with Gasteiger partial charge in [-0.05, 0) is 99.5 Å². The van der Waals surface area contributed by atoms with E-state index in [1.165, 1.54) is 0 Å². The van der Waals surface area contributed by atoms with Crippen molar-refractivity contribution in [1.29, 1.82) is 0 Å². The Balaban J connectivity index is 1.41. The number of nitrogens with zero attached hydrogens (tertiary/aromatic N) is 1. The zero-order valence-corrected chi connectivity index (χ0v) is 28.1. The molecule has 2 aromatic rings. The molecule has 4 atom stereocenters. The van der Waals surface area contributed by atoms with Gasteiger partial charge in [0, 0.05) is 19.6 Å². The number of nitrogens with one attached hydrogen (secondary N) is 3. The number of hydrogen-bond donors (Lipinski definition) is 4. The summed E-state index contributed by atoms with van der Waals surface area (Å²) in [6, 6.07) is 13.3. The van der Waals surface area contributed by atoms with Crippen molar-refractivity contribution < 1.29 is 28.7 Å². The van der Waals surface area contributed by atoms with Gasteiger partial charge < -0.3 is 30.3 Å². The molecule has 3 aliphatic rings. The van der Waals surface area contributed by atoms with E-state index in [2.05, 4.69) is 28.6 Å². The average Bonchev–Trinajstić information content (AvgIpc) is 3.09. The van der Waals surface area contributed by atoms with Crippen LogP contribution in [0.3, 0.4) is 0 Å². The van der Waals surface area contributed by atoms with Gasteiger partial charge in [0.15, 0.2) is 0 Å². The van der Waals surface area contributed by atoms with E-state index in [1.807, 2.05) is 55.5 Å². The average molecular weight is 665 g/mol. The number of ether oxygens (including phenoxy) is 2. The number of rotatable bonds is 5. The zero-order valence-electron chi connectivity index (χ0n) is 27.2. The van der Waals surface area contributed by atoms with Gasteiger partial charge in [0.1, 0.15) is 29.2 Å². The summed E-state index contributed by atoms with van der Waals surface area (Å²) in [6.45, 7) is 3.78. The molecule has 4 bridgehead atoms. The van der Waals surface area contributed by atoms with Gasteiger partial charge in [-0.3, -0.25) is 14.4 Å². The van der Waals surface area contributed by atoms with E-state index < -0.39 is 29.3 Å². The quantitative estimate of drug-likeness (QED) is 0.350. The fraction of sp³-hybridized carbons (Fsp3) is 0.556. The van der Waals surface area contributed by atoms with E-state index in [4.69, 9.17) is 9.47 Å². The number of fused-ring (bicyclic) bond motifs is 4. The molecule has 254 valence electrons. The monoisotopic (exact) mass is 664 g/mol. The highest BCUT2D eigenvalue weighted by Gasteiger charge is 2.38. The standard InChI is InChI=1S/C36H48N4O6S/c1-24-14-16-29-21-27(24)22-37-33(41)30(17-15-25-9-4-2-5-10-25)38-34(42)31(39-36(44)46-28-12-6-3-7-13-28)32(47)35(43)40-19-8-11-26(23-40)18-20-45-29/h2,4-5,9-10,14,16,21,26,28,30-32,47H,3,6-8,11-13,15,17-20,22-23H2,1H3,(H,37,41)(H,38,42)(H,39,44)/t26?,30-,31-,32?/m0/s1. The summed E-state index contributed by atoms with van der Waals surface area (Å²) in [4.78, 5) is 56.4. The summed E-state index contributed by atoms with van der Waals surface area (Å²) in [7, 11) is 0. The predicted octanol–water partition coefficient (Wildman–Crippen LogP) is 4.48. The van der Waals surface area contributed by atoms with Gasteiger partial charge in [0.2, 0.25) is 17.7 Å². The maximum Gasteiger partial charge on any atom is 0.408 e. The number of aryl methyl sites for hydroxylation is 2. The summed E-state index contributed by atoms with van der Waals surface area (Å²) in [5.74, 6) is -0.413. The number of amides is 4. The van der Waals surface area contributed by atoms with E-state index in [0.29, 0.717) is 32.5 Å². The molecule has 3 N–H and O–H groups in total.